The molecule has 0 aliphatic rings. The monoisotopic (exact) mass is 357 g/mol. The van der Waals surface area contributed by atoms with Gasteiger partial charge in [-0.05, 0) is 18.6 Å². The van der Waals surface area contributed by atoms with E-state index < -0.39 is 32.7 Å². The van der Waals surface area contributed by atoms with Crippen LogP contribution in [0.1, 0.15) is 16.7 Å². The number of aromatic hydroxyl groups is 1. The van der Waals surface area contributed by atoms with Crippen molar-refractivity contribution in [1.82, 2.24) is 4.57 Å². The number of benzene rings is 1. The average Bonchev–Trinajstić information content (AvgIpc) is 2.60. The van der Waals surface area contributed by atoms with E-state index in [1.807, 2.05) is 0 Å². The normalized spacial score (nSPS) is 10.7. The zero-order valence-electron chi connectivity index (χ0n) is 13.5. The van der Waals surface area contributed by atoms with E-state index in [4.69, 9.17) is 5.26 Å². The third-order valence-corrected chi connectivity index (χ3v) is 3.67. The second kappa shape index (κ2) is 6.81. The third kappa shape index (κ3) is 3.11. The molecule has 1 heterocycles. The van der Waals surface area contributed by atoms with E-state index in [9.17, 15) is 30.1 Å². The number of pyridine rings is 1. The molecule has 11 nitrogen and oxygen atoms in total. The summed E-state index contributed by atoms with van der Waals surface area (Å²) in [4.78, 5) is 36.0. The Morgan fingerprint density at radius 3 is 2.50 bits per heavy atom. The van der Waals surface area contributed by atoms with Gasteiger partial charge in [-0.25, -0.2) is 4.99 Å². The molecule has 0 aliphatic carbocycles. The Kier molecular flexibility index (Phi) is 4.79. The van der Waals surface area contributed by atoms with E-state index >= 15 is 0 Å². The molecule has 0 radical (unpaired) electrons. The van der Waals surface area contributed by atoms with Crippen molar-refractivity contribution in [3.8, 4) is 11.9 Å². The highest BCUT2D eigenvalue weighted by Gasteiger charge is 2.20. The fourth-order valence-electron chi connectivity index (χ4n) is 2.21. The molecular formula is C15H11N5O6. The van der Waals surface area contributed by atoms with Gasteiger partial charge in [-0.15, -0.1) is 0 Å². The van der Waals surface area contributed by atoms with Crippen LogP contribution in [0.4, 0.5) is 17.1 Å². The fourth-order valence-corrected chi connectivity index (χ4v) is 2.21. The Labute approximate surface area is 145 Å². The van der Waals surface area contributed by atoms with E-state index in [2.05, 4.69) is 4.99 Å². The van der Waals surface area contributed by atoms with Crippen molar-refractivity contribution in [2.45, 2.75) is 6.92 Å². The van der Waals surface area contributed by atoms with Crippen molar-refractivity contribution in [2.75, 3.05) is 0 Å². The van der Waals surface area contributed by atoms with Gasteiger partial charge in [0.15, 0.2) is 0 Å². The zero-order valence-corrected chi connectivity index (χ0v) is 13.5. The maximum atomic E-state index is 11.9. The molecule has 132 valence electrons. The van der Waals surface area contributed by atoms with Gasteiger partial charge in [0.1, 0.15) is 17.3 Å². The number of aliphatic imine (C=N–C) groups is 1. The molecule has 0 fully saturated rings. The summed E-state index contributed by atoms with van der Waals surface area (Å²) in [5.41, 5.74) is -1.98. The Bertz CT molecular complexity index is 1060. The Hall–Kier alpha value is -4.07. The molecule has 0 saturated carbocycles. The van der Waals surface area contributed by atoms with E-state index in [0.29, 0.717) is 0 Å². The minimum Gasteiger partial charge on any atom is -0.494 e. The van der Waals surface area contributed by atoms with Gasteiger partial charge in [-0.1, -0.05) is 0 Å². The van der Waals surface area contributed by atoms with Crippen LogP contribution in [0.15, 0.2) is 28.0 Å². The molecule has 0 atom stereocenters. The van der Waals surface area contributed by atoms with Crippen LogP contribution in [0.5, 0.6) is 5.88 Å². The Morgan fingerprint density at radius 2 is 1.96 bits per heavy atom. The first-order valence-electron chi connectivity index (χ1n) is 6.98. The van der Waals surface area contributed by atoms with Gasteiger partial charge in [0.2, 0.25) is 5.88 Å². The first-order chi connectivity index (χ1) is 12.2. The van der Waals surface area contributed by atoms with Gasteiger partial charge in [0, 0.05) is 19.3 Å². The van der Waals surface area contributed by atoms with Crippen LogP contribution in [0, 0.1) is 38.5 Å². The smallest absolute Gasteiger partial charge is 0.301 e. The largest absolute Gasteiger partial charge is 0.494 e. The molecule has 0 unspecified atom stereocenters. The Morgan fingerprint density at radius 1 is 1.31 bits per heavy atom. The lowest BCUT2D eigenvalue weighted by molar-refractivity contribution is -0.393. The lowest BCUT2D eigenvalue weighted by Gasteiger charge is -2.09. The molecule has 1 aromatic carbocycles. The molecule has 2 rings (SSSR count). The number of hydrogen-bond acceptors (Lipinski definition) is 8. The van der Waals surface area contributed by atoms with Crippen molar-refractivity contribution in [3.63, 3.8) is 0 Å². The van der Waals surface area contributed by atoms with Crippen LogP contribution in [-0.2, 0) is 7.05 Å². The van der Waals surface area contributed by atoms with Crippen molar-refractivity contribution in [2.24, 2.45) is 12.0 Å². The van der Waals surface area contributed by atoms with Crippen molar-refractivity contribution in [3.05, 3.63) is 65.5 Å². The highest BCUT2D eigenvalue weighted by molar-refractivity contribution is 5.88. The first kappa shape index (κ1) is 18.3. The quantitative estimate of drug-likeness (QED) is 0.495. The van der Waals surface area contributed by atoms with E-state index in [-0.39, 0.29) is 22.4 Å². The van der Waals surface area contributed by atoms with Gasteiger partial charge in [0.05, 0.1) is 21.5 Å². The average molecular weight is 357 g/mol. The lowest BCUT2D eigenvalue weighted by Crippen LogP contribution is -2.22. The molecular weight excluding hydrogens is 346 g/mol. The first-order valence-corrected chi connectivity index (χ1v) is 6.98. The molecule has 0 bridgehead atoms. The summed E-state index contributed by atoms with van der Waals surface area (Å²) in [6.07, 6.45) is 1.05. The van der Waals surface area contributed by atoms with Gasteiger partial charge in [-0.3, -0.25) is 29.6 Å². The maximum Gasteiger partial charge on any atom is 0.301 e. The van der Waals surface area contributed by atoms with Crippen LogP contribution in [0.2, 0.25) is 0 Å². The number of nitriles is 1. The predicted molar refractivity (Wildman–Crippen MR) is 89.8 cm³/mol. The van der Waals surface area contributed by atoms with Crippen LogP contribution in [0.3, 0.4) is 0 Å². The van der Waals surface area contributed by atoms with Crippen molar-refractivity contribution < 1.29 is 15.0 Å². The second-order valence-electron chi connectivity index (χ2n) is 5.16. The third-order valence-electron chi connectivity index (χ3n) is 3.67. The highest BCUT2D eigenvalue weighted by Crippen LogP contribution is 2.31. The summed E-state index contributed by atoms with van der Waals surface area (Å²) in [5.74, 6) is -0.472. The number of nitro groups is 2. The predicted octanol–water partition coefficient (Wildman–Crippen LogP) is 1.84. The SMILES string of the molecule is Cc1c(C=Nc2ccc([N+](=O)[O-])cc2[N+](=O)[O-])c(O)n(C)c(=O)c1C#N. The number of hydrogen-bond donors (Lipinski definition) is 1. The molecule has 11 heteroatoms. The number of non-ortho nitro benzene ring substituents is 1. The number of nitro benzene ring substituents is 2. The summed E-state index contributed by atoms with van der Waals surface area (Å²) in [7, 11) is 1.25. The summed E-state index contributed by atoms with van der Waals surface area (Å²) < 4.78 is 0.844. The van der Waals surface area contributed by atoms with E-state index in [1.165, 1.54) is 14.0 Å². The Balaban J connectivity index is 2.64. The molecule has 0 amide bonds. The van der Waals surface area contributed by atoms with Crippen LogP contribution in [-0.4, -0.2) is 25.7 Å². The number of nitrogens with zero attached hydrogens (tertiary/aromatic N) is 5. The lowest BCUT2D eigenvalue weighted by atomic mass is 10.1. The zero-order chi connectivity index (χ0) is 19.6. The van der Waals surface area contributed by atoms with E-state index in [0.717, 1.165) is 29.0 Å². The molecule has 1 N–H and O–H groups in total. The summed E-state index contributed by atoms with van der Waals surface area (Å²) in [6.45, 7) is 1.42. The fraction of sp³-hybridized carbons (Fsp3) is 0.133. The molecule has 0 spiro atoms. The van der Waals surface area contributed by atoms with Gasteiger partial charge in [0.25, 0.3) is 11.2 Å². The molecule has 2 aromatic rings. The number of aromatic nitrogens is 1. The van der Waals surface area contributed by atoms with Crippen LogP contribution < -0.4 is 5.56 Å². The molecule has 26 heavy (non-hydrogen) atoms. The molecule has 1 aromatic heterocycles. The summed E-state index contributed by atoms with van der Waals surface area (Å²) in [6, 6.07) is 4.63. The highest BCUT2D eigenvalue weighted by atomic mass is 16.6. The van der Waals surface area contributed by atoms with E-state index in [1.54, 1.807) is 6.07 Å². The van der Waals surface area contributed by atoms with Crippen molar-refractivity contribution in [1.29, 1.82) is 5.26 Å². The minimum absolute atomic E-state index is 0.0244. The molecule has 0 aliphatic heterocycles. The van der Waals surface area contributed by atoms with Crippen LogP contribution >= 0.6 is 0 Å². The maximum absolute atomic E-state index is 11.9. The number of rotatable bonds is 4. The topological polar surface area (TPSA) is 165 Å². The minimum atomic E-state index is -0.826. The standard InChI is InChI=1S/C15H11N5O6/c1-8-10(6-16)14(21)18(2)15(22)11(8)7-17-12-4-3-9(19(23)24)5-13(12)20(25)26/h3-5,7,22H,1-2H3. The van der Waals surface area contributed by atoms with Crippen LogP contribution in [0.25, 0.3) is 0 Å². The van der Waals surface area contributed by atoms with Gasteiger partial charge >= 0.3 is 5.69 Å². The van der Waals surface area contributed by atoms with Crippen molar-refractivity contribution >= 4 is 23.3 Å². The summed E-state index contributed by atoms with van der Waals surface area (Å²) >= 11 is 0. The van der Waals surface area contributed by atoms with Gasteiger partial charge in [-0.2, -0.15) is 5.26 Å². The second-order valence-corrected chi connectivity index (χ2v) is 5.16. The molecule has 0 saturated heterocycles. The summed E-state index contributed by atoms with van der Waals surface area (Å²) in [5, 5.41) is 41.0. The van der Waals surface area contributed by atoms with Gasteiger partial charge < -0.3 is 5.11 Å².